The van der Waals surface area contributed by atoms with Crippen molar-refractivity contribution in [3.05, 3.63) is 0 Å². The van der Waals surface area contributed by atoms with E-state index >= 15 is 0 Å². The number of terminal acetylenes is 1. The van der Waals surface area contributed by atoms with E-state index in [1.807, 2.05) is 0 Å². The fraction of sp³-hybridized carbons (Fsp3) is 0.600. The molecule has 1 rings (SSSR count). The number of hydrogen-bond acceptors (Lipinski definition) is 3. The maximum atomic E-state index is 12.8. The SMILES string of the molecule is C#CC1(F)COP(C)(=O)O1. The Morgan fingerprint density at radius 3 is 2.70 bits per heavy atom. The maximum Gasteiger partial charge on any atom is 0.331 e. The third-order valence-electron chi connectivity index (χ3n) is 1.01. The number of halogens is 1. The molecule has 56 valence electrons. The fourth-order valence-corrected chi connectivity index (χ4v) is 1.67. The average Bonchev–Trinajstić information content (AvgIpc) is 2.08. The standard InChI is InChI=1S/C5H6FO3P/c1-3-5(6)4-8-10(2,7)9-5/h1H,4H2,2H3. The Hall–Kier alpha value is -0.360. The van der Waals surface area contributed by atoms with E-state index < -0.39 is 20.1 Å². The van der Waals surface area contributed by atoms with Gasteiger partial charge in [0.05, 0.1) is 0 Å². The largest absolute Gasteiger partial charge is 0.331 e. The minimum absolute atomic E-state index is 0.447. The Kier molecular flexibility index (Phi) is 1.60. The summed E-state index contributed by atoms with van der Waals surface area (Å²) in [6.45, 7) is 0.725. The molecule has 0 bridgehead atoms. The lowest BCUT2D eigenvalue weighted by molar-refractivity contribution is 0.0156. The molecular formula is C5H6FO3P. The van der Waals surface area contributed by atoms with Gasteiger partial charge in [-0.3, -0.25) is 9.09 Å². The number of hydrogen-bond donors (Lipinski definition) is 0. The van der Waals surface area contributed by atoms with E-state index in [1.165, 1.54) is 6.66 Å². The summed E-state index contributed by atoms with van der Waals surface area (Å²) < 4.78 is 32.4. The molecule has 1 heterocycles. The monoisotopic (exact) mass is 164 g/mol. The van der Waals surface area contributed by atoms with Gasteiger partial charge in [0.15, 0.2) is 0 Å². The molecule has 0 aromatic heterocycles. The van der Waals surface area contributed by atoms with Crippen LogP contribution in [0.4, 0.5) is 4.39 Å². The summed E-state index contributed by atoms with van der Waals surface area (Å²) in [6, 6.07) is 0. The van der Waals surface area contributed by atoms with Gasteiger partial charge in [0.2, 0.25) is 0 Å². The molecule has 1 fully saturated rings. The molecule has 3 nitrogen and oxygen atoms in total. The Bertz CT molecular complexity index is 234. The molecule has 0 aromatic carbocycles. The normalized spacial score (nSPS) is 46.9. The van der Waals surface area contributed by atoms with E-state index in [1.54, 1.807) is 5.92 Å². The van der Waals surface area contributed by atoms with E-state index in [4.69, 9.17) is 6.42 Å². The molecule has 10 heavy (non-hydrogen) atoms. The molecule has 5 heteroatoms. The van der Waals surface area contributed by atoms with Crippen LogP contribution in [0.1, 0.15) is 0 Å². The van der Waals surface area contributed by atoms with Gasteiger partial charge in [-0.1, -0.05) is 0 Å². The topological polar surface area (TPSA) is 35.5 Å². The molecule has 0 aliphatic carbocycles. The Morgan fingerprint density at radius 1 is 1.90 bits per heavy atom. The van der Waals surface area contributed by atoms with Crippen molar-refractivity contribution in [3.8, 4) is 12.3 Å². The highest BCUT2D eigenvalue weighted by atomic mass is 31.2. The van der Waals surface area contributed by atoms with Crippen LogP contribution in [-0.4, -0.2) is 19.1 Å². The van der Waals surface area contributed by atoms with Crippen LogP contribution >= 0.6 is 7.60 Å². The third kappa shape index (κ3) is 1.38. The summed E-state index contributed by atoms with van der Waals surface area (Å²) >= 11 is 0. The second-order valence-electron chi connectivity index (χ2n) is 2.01. The second-order valence-corrected chi connectivity index (χ2v) is 3.99. The zero-order valence-electron chi connectivity index (χ0n) is 5.33. The first kappa shape index (κ1) is 7.74. The molecule has 1 aliphatic heterocycles. The van der Waals surface area contributed by atoms with Crippen molar-refractivity contribution in [2.45, 2.75) is 5.85 Å². The van der Waals surface area contributed by atoms with Crippen LogP contribution in [0.2, 0.25) is 0 Å². The lowest BCUT2D eigenvalue weighted by atomic mass is 10.4. The van der Waals surface area contributed by atoms with E-state index in [-0.39, 0.29) is 0 Å². The summed E-state index contributed by atoms with van der Waals surface area (Å²) in [4.78, 5) is 0. The van der Waals surface area contributed by atoms with Crippen LogP contribution < -0.4 is 0 Å². The van der Waals surface area contributed by atoms with Gasteiger partial charge in [0, 0.05) is 6.66 Å². The summed E-state index contributed by atoms with van der Waals surface area (Å²) in [5.41, 5.74) is 0. The zero-order valence-corrected chi connectivity index (χ0v) is 6.23. The van der Waals surface area contributed by atoms with E-state index in [2.05, 4.69) is 9.05 Å². The highest BCUT2D eigenvalue weighted by molar-refractivity contribution is 7.53. The number of rotatable bonds is 0. The lowest BCUT2D eigenvalue weighted by Crippen LogP contribution is -2.21. The van der Waals surface area contributed by atoms with Gasteiger partial charge >= 0.3 is 13.5 Å². The molecule has 1 saturated heterocycles. The first-order valence-corrected chi connectivity index (χ1v) is 4.56. The number of alkyl halides is 1. The smallest absolute Gasteiger partial charge is 0.301 e. The highest BCUT2D eigenvalue weighted by Crippen LogP contribution is 2.54. The van der Waals surface area contributed by atoms with Gasteiger partial charge in [-0.05, 0) is 5.92 Å². The van der Waals surface area contributed by atoms with Crippen molar-refractivity contribution < 1.29 is 18.0 Å². The van der Waals surface area contributed by atoms with Crippen LogP contribution in [0.15, 0.2) is 0 Å². The quantitative estimate of drug-likeness (QED) is 0.398. The van der Waals surface area contributed by atoms with Crippen molar-refractivity contribution in [1.29, 1.82) is 0 Å². The van der Waals surface area contributed by atoms with Gasteiger partial charge in [0.25, 0.3) is 0 Å². The summed E-state index contributed by atoms with van der Waals surface area (Å²) in [6.07, 6.45) is 4.74. The molecule has 0 aromatic rings. The van der Waals surface area contributed by atoms with E-state index in [0.717, 1.165) is 0 Å². The van der Waals surface area contributed by atoms with Gasteiger partial charge in [-0.25, -0.2) is 0 Å². The minimum Gasteiger partial charge on any atom is -0.301 e. The van der Waals surface area contributed by atoms with Crippen molar-refractivity contribution in [2.75, 3.05) is 13.3 Å². The zero-order chi connectivity index (χ0) is 7.83. The molecule has 2 unspecified atom stereocenters. The molecule has 0 saturated carbocycles. The molecule has 0 radical (unpaired) electrons. The molecular weight excluding hydrogens is 158 g/mol. The summed E-state index contributed by atoms with van der Waals surface area (Å²) in [7, 11) is -3.20. The first-order valence-electron chi connectivity index (χ1n) is 2.57. The van der Waals surface area contributed by atoms with Crippen LogP contribution in [0.25, 0.3) is 0 Å². The molecule has 0 spiro atoms. The predicted octanol–water partition coefficient (Wildman–Crippen LogP) is 1.16. The summed E-state index contributed by atoms with van der Waals surface area (Å²) in [5.74, 6) is -0.578. The van der Waals surface area contributed by atoms with Crippen molar-refractivity contribution in [2.24, 2.45) is 0 Å². The second kappa shape index (κ2) is 2.06. The van der Waals surface area contributed by atoms with Gasteiger partial charge < -0.3 is 4.52 Å². The van der Waals surface area contributed by atoms with Crippen LogP contribution in [0, 0.1) is 12.3 Å². The highest BCUT2D eigenvalue weighted by Gasteiger charge is 2.44. The van der Waals surface area contributed by atoms with E-state index in [9.17, 15) is 8.96 Å². The molecule has 1 aliphatic rings. The lowest BCUT2D eigenvalue weighted by Gasteiger charge is -2.06. The van der Waals surface area contributed by atoms with E-state index in [0.29, 0.717) is 0 Å². The van der Waals surface area contributed by atoms with Crippen LogP contribution in [0.3, 0.4) is 0 Å². The third-order valence-corrected chi connectivity index (χ3v) is 2.23. The van der Waals surface area contributed by atoms with Crippen LogP contribution in [0.5, 0.6) is 0 Å². The molecule has 2 atom stereocenters. The van der Waals surface area contributed by atoms with Crippen molar-refractivity contribution >= 4 is 7.60 Å². The van der Waals surface area contributed by atoms with Gasteiger partial charge in [-0.15, -0.1) is 6.42 Å². The molecule has 0 amide bonds. The van der Waals surface area contributed by atoms with Gasteiger partial charge in [-0.2, -0.15) is 4.39 Å². The average molecular weight is 164 g/mol. The fourth-order valence-electron chi connectivity index (χ4n) is 0.584. The first-order chi connectivity index (χ1) is 4.47. The van der Waals surface area contributed by atoms with Crippen molar-refractivity contribution in [3.63, 3.8) is 0 Å². The van der Waals surface area contributed by atoms with Crippen LogP contribution in [-0.2, 0) is 13.6 Å². The van der Waals surface area contributed by atoms with Gasteiger partial charge in [0.1, 0.15) is 6.61 Å². The van der Waals surface area contributed by atoms with Crippen molar-refractivity contribution in [1.82, 2.24) is 0 Å². The Labute approximate surface area is 58.0 Å². The maximum absolute atomic E-state index is 12.8. The Morgan fingerprint density at radius 2 is 2.50 bits per heavy atom. The predicted molar refractivity (Wildman–Crippen MR) is 33.2 cm³/mol. The summed E-state index contributed by atoms with van der Waals surface area (Å²) in [5, 5.41) is 0. The minimum atomic E-state index is -3.20. The Balaban J connectivity index is 2.79. The molecule has 0 N–H and O–H groups in total.